The summed E-state index contributed by atoms with van der Waals surface area (Å²) in [6.07, 6.45) is -0.295. The van der Waals surface area contributed by atoms with E-state index in [1.165, 1.54) is 12.1 Å². The largest absolute Gasteiger partial charge is 0.294 e. The number of rotatable bonds is 3. The molecule has 0 heterocycles. The van der Waals surface area contributed by atoms with Crippen molar-refractivity contribution in [2.45, 2.75) is 6.42 Å². The number of benzene rings is 2. The van der Waals surface area contributed by atoms with Gasteiger partial charge in [0.25, 0.3) is 0 Å². The quantitative estimate of drug-likeness (QED) is 0.773. The van der Waals surface area contributed by atoms with Crippen molar-refractivity contribution in [2.24, 2.45) is 0 Å². The van der Waals surface area contributed by atoms with Gasteiger partial charge in [-0.15, -0.1) is 0 Å². The highest BCUT2D eigenvalue weighted by Crippen LogP contribution is 2.22. The van der Waals surface area contributed by atoms with Crippen molar-refractivity contribution in [3.05, 3.63) is 70.0 Å². The van der Waals surface area contributed by atoms with Crippen LogP contribution in [0.3, 0.4) is 0 Å². The van der Waals surface area contributed by atoms with E-state index >= 15 is 0 Å². The van der Waals surface area contributed by atoms with E-state index in [4.69, 9.17) is 11.6 Å². The van der Waals surface area contributed by atoms with E-state index in [0.29, 0.717) is 0 Å². The Morgan fingerprint density at radius 2 is 1.79 bits per heavy atom. The van der Waals surface area contributed by atoms with Crippen LogP contribution >= 0.6 is 11.6 Å². The third kappa shape index (κ3) is 2.96. The Labute approximate surface area is 112 Å². The van der Waals surface area contributed by atoms with Crippen LogP contribution in [0, 0.1) is 17.5 Å². The van der Waals surface area contributed by atoms with E-state index < -0.39 is 23.2 Å². The van der Waals surface area contributed by atoms with Crippen LogP contribution in [-0.4, -0.2) is 5.78 Å². The second-order valence-electron chi connectivity index (χ2n) is 3.94. The summed E-state index contributed by atoms with van der Waals surface area (Å²) in [5.41, 5.74) is -0.143. The number of carbonyl (C=O) groups is 1. The molecule has 1 nitrogen and oxygen atoms in total. The van der Waals surface area contributed by atoms with Crippen LogP contribution in [-0.2, 0) is 6.42 Å². The monoisotopic (exact) mass is 284 g/mol. The van der Waals surface area contributed by atoms with Crippen molar-refractivity contribution in [2.75, 3.05) is 0 Å². The molecule has 0 aliphatic rings. The molecule has 0 unspecified atom stereocenters. The fourth-order valence-electron chi connectivity index (χ4n) is 1.66. The molecule has 0 bridgehead atoms. The lowest BCUT2D eigenvalue weighted by Gasteiger charge is -2.05. The van der Waals surface area contributed by atoms with E-state index in [-0.39, 0.29) is 22.6 Å². The first-order valence-electron chi connectivity index (χ1n) is 5.40. The van der Waals surface area contributed by atoms with Gasteiger partial charge in [0.2, 0.25) is 0 Å². The highest BCUT2D eigenvalue weighted by molar-refractivity contribution is 6.31. The summed E-state index contributed by atoms with van der Waals surface area (Å²) in [5.74, 6) is -2.86. The minimum Gasteiger partial charge on any atom is -0.294 e. The fourth-order valence-corrected chi connectivity index (χ4v) is 1.86. The fraction of sp³-hybridized carbons (Fsp3) is 0.0714. The molecule has 98 valence electrons. The zero-order valence-corrected chi connectivity index (χ0v) is 10.3. The highest BCUT2D eigenvalue weighted by atomic mass is 35.5. The lowest BCUT2D eigenvalue weighted by Crippen LogP contribution is -2.07. The first-order valence-corrected chi connectivity index (χ1v) is 5.78. The Kier molecular flexibility index (Phi) is 3.90. The minimum absolute atomic E-state index is 0.187. The summed E-state index contributed by atoms with van der Waals surface area (Å²) in [5, 5.41) is -0.187. The molecule has 0 aliphatic heterocycles. The van der Waals surface area contributed by atoms with E-state index in [9.17, 15) is 18.0 Å². The Bertz CT molecular complexity index is 641. The first-order chi connectivity index (χ1) is 8.99. The molecule has 0 saturated carbocycles. The van der Waals surface area contributed by atoms with Gasteiger partial charge in [-0.2, -0.15) is 0 Å². The SMILES string of the molecule is O=C(Cc1cccc(F)c1Cl)c1cc(F)ccc1F. The maximum Gasteiger partial charge on any atom is 0.170 e. The predicted molar refractivity (Wildman–Crippen MR) is 65.8 cm³/mol. The maximum absolute atomic E-state index is 13.4. The van der Waals surface area contributed by atoms with Crippen molar-refractivity contribution in [3.63, 3.8) is 0 Å². The summed E-state index contributed by atoms with van der Waals surface area (Å²) < 4.78 is 39.6. The van der Waals surface area contributed by atoms with Crippen molar-refractivity contribution in [1.82, 2.24) is 0 Å². The van der Waals surface area contributed by atoms with Crippen LogP contribution in [0.4, 0.5) is 13.2 Å². The van der Waals surface area contributed by atoms with Gasteiger partial charge in [-0.3, -0.25) is 4.79 Å². The third-order valence-electron chi connectivity index (χ3n) is 2.61. The van der Waals surface area contributed by atoms with Gasteiger partial charge in [-0.1, -0.05) is 23.7 Å². The van der Waals surface area contributed by atoms with Crippen molar-refractivity contribution < 1.29 is 18.0 Å². The number of halogens is 4. The second kappa shape index (κ2) is 5.45. The zero-order valence-electron chi connectivity index (χ0n) is 9.59. The Balaban J connectivity index is 2.31. The van der Waals surface area contributed by atoms with E-state index in [1.54, 1.807) is 0 Å². The predicted octanol–water partition coefficient (Wildman–Crippen LogP) is 4.18. The molecule has 0 amide bonds. The Morgan fingerprint density at radius 3 is 2.53 bits per heavy atom. The molecule has 0 spiro atoms. The van der Waals surface area contributed by atoms with Gasteiger partial charge in [0.15, 0.2) is 5.78 Å². The minimum atomic E-state index is -0.820. The summed E-state index contributed by atoms with van der Waals surface area (Å²) in [7, 11) is 0. The van der Waals surface area contributed by atoms with Gasteiger partial charge in [0, 0.05) is 6.42 Å². The molecular weight excluding hydrogens is 277 g/mol. The summed E-state index contributed by atoms with van der Waals surface area (Å²) in [6.45, 7) is 0. The highest BCUT2D eigenvalue weighted by Gasteiger charge is 2.16. The van der Waals surface area contributed by atoms with E-state index in [2.05, 4.69) is 0 Å². The molecule has 19 heavy (non-hydrogen) atoms. The van der Waals surface area contributed by atoms with Crippen molar-refractivity contribution in [1.29, 1.82) is 0 Å². The molecule has 0 radical (unpaired) electrons. The molecule has 0 aliphatic carbocycles. The second-order valence-corrected chi connectivity index (χ2v) is 4.32. The molecule has 0 aromatic heterocycles. The maximum atomic E-state index is 13.4. The van der Waals surface area contributed by atoms with Crippen LogP contribution < -0.4 is 0 Å². The normalized spacial score (nSPS) is 10.5. The smallest absolute Gasteiger partial charge is 0.170 e. The van der Waals surface area contributed by atoms with E-state index in [0.717, 1.165) is 24.3 Å². The summed E-state index contributed by atoms with van der Waals surface area (Å²) >= 11 is 5.70. The van der Waals surface area contributed by atoms with Crippen LogP contribution in [0.5, 0.6) is 0 Å². The molecule has 0 N–H and O–H groups in total. The average molecular weight is 285 g/mol. The Morgan fingerprint density at radius 1 is 1.05 bits per heavy atom. The molecule has 0 atom stereocenters. The third-order valence-corrected chi connectivity index (χ3v) is 3.03. The van der Waals surface area contributed by atoms with Gasteiger partial charge in [-0.25, -0.2) is 13.2 Å². The molecule has 5 heteroatoms. The standard InChI is InChI=1S/C14H8ClF3O/c15-14-8(2-1-3-12(14)18)6-13(19)10-7-9(16)4-5-11(10)17/h1-5,7H,6H2. The molecule has 2 aromatic rings. The van der Waals surface area contributed by atoms with Gasteiger partial charge >= 0.3 is 0 Å². The number of hydrogen-bond acceptors (Lipinski definition) is 1. The topological polar surface area (TPSA) is 17.1 Å². The summed E-state index contributed by atoms with van der Waals surface area (Å²) in [4.78, 5) is 11.9. The van der Waals surface area contributed by atoms with Crippen molar-refractivity contribution in [3.8, 4) is 0 Å². The van der Waals surface area contributed by atoms with Crippen LogP contribution in [0.25, 0.3) is 0 Å². The lowest BCUT2D eigenvalue weighted by atomic mass is 10.0. The number of hydrogen-bond donors (Lipinski definition) is 0. The number of ketones is 1. The lowest BCUT2D eigenvalue weighted by molar-refractivity contribution is 0.0988. The van der Waals surface area contributed by atoms with Crippen molar-refractivity contribution >= 4 is 17.4 Å². The van der Waals surface area contributed by atoms with Crippen LogP contribution in [0.2, 0.25) is 5.02 Å². The van der Waals surface area contributed by atoms with Gasteiger partial charge in [-0.05, 0) is 29.8 Å². The number of carbonyl (C=O) groups excluding carboxylic acids is 1. The number of Topliss-reactive ketones (excluding diaryl/α,β-unsaturated/α-hetero) is 1. The zero-order chi connectivity index (χ0) is 14.0. The first kappa shape index (κ1) is 13.6. The average Bonchev–Trinajstić information content (AvgIpc) is 2.38. The molecule has 2 aromatic carbocycles. The molecular formula is C14H8ClF3O. The summed E-state index contributed by atoms with van der Waals surface area (Å²) in [6, 6.07) is 6.60. The Hall–Kier alpha value is -1.81. The van der Waals surface area contributed by atoms with Gasteiger partial charge < -0.3 is 0 Å². The van der Waals surface area contributed by atoms with Crippen LogP contribution in [0.1, 0.15) is 15.9 Å². The molecule has 2 rings (SSSR count). The van der Waals surface area contributed by atoms with Crippen LogP contribution in [0.15, 0.2) is 36.4 Å². The molecule has 0 saturated heterocycles. The van der Waals surface area contributed by atoms with Gasteiger partial charge in [0.05, 0.1) is 10.6 Å². The molecule has 0 fully saturated rings. The van der Waals surface area contributed by atoms with E-state index in [1.807, 2.05) is 0 Å². The van der Waals surface area contributed by atoms with Gasteiger partial charge in [0.1, 0.15) is 17.5 Å².